The Morgan fingerprint density at radius 2 is 2.28 bits per heavy atom. The second kappa shape index (κ2) is 6.16. The maximum absolute atomic E-state index is 5.85. The molecule has 18 heavy (non-hydrogen) atoms. The van der Waals surface area contributed by atoms with Gasteiger partial charge in [0.1, 0.15) is 5.75 Å². The number of hydrogen-bond donors (Lipinski definition) is 1. The molecule has 1 saturated heterocycles. The van der Waals surface area contributed by atoms with Crippen molar-refractivity contribution in [3.8, 4) is 5.75 Å². The maximum Gasteiger partial charge on any atom is 0.122 e. The van der Waals surface area contributed by atoms with E-state index in [-0.39, 0.29) is 0 Å². The molecule has 100 valence electrons. The van der Waals surface area contributed by atoms with E-state index < -0.39 is 0 Å². The van der Waals surface area contributed by atoms with E-state index in [9.17, 15) is 0 Å². The van der Waals surface area contributed by atoms with Crippen molar-refractivity contribution in [2.24, 2.45) is 5.73 Å². The summed E-state index contributed by atoms with van der Waals surface area (Å²) in [5.41, 5.74) is 7.93. The number of nitrogens with zero attached hydrogens (tertiary/aromatic N) is 2. The van der Waals surface area contributed by atoms with Gasteiger partial charge in [0.2, 0.25) is 0 Å². The Hall–Kier alpha value is -1.13. The normalized spacial score (nSPS) is 20.9. The molecule has 1 atom stereocenters. The van der Waals surface area contributed by atoms with Crippen LogP contribution in [0.15, 0.2) is 12.1 Å². The largest absolute Gasteiger partial charge is 0.497 e. The topological polar surface area (TPSA) is 51.4 Å². The highest BCUT2D eigenvalue weighted by molar-refractivity contribution is 5.26. The Labute approximate surface area is 109 Å². The molecule has 4 nitrogen and oxygen atoms in total. The molecular weight excluding hydrogens is 226 g/mol. The molecule has 0 spiro atoms. The summed E-state index contributed by atoms with van der Waals surface area (Å²) in [6.07, 6.45) is 3.77. The van der Waals surface area contributed by atoms with Crippen molar-refractivity contribution in [1.29, 1.82) is 0 Å². The minimum atomic E-state index is 0.507. The van der Waals surface area contributed by atoms with E-state index in [4.69, 9.17) is 10.5 Å². The number of hydrogen-bond acceptors (Lipinski definition) is 4. The summed E-state index contributed by atoms with van der Waals surface area (Å²) < 4.78 is 5.29. The van der Waals surface area contributed by atoms with Crippen LogP contribution in [0.5, 0.6) is 5.75 Å². The van der Waals surface area contributed by atoms with Crippen LogP contribution in [-0.4, -0.2) is 36.1 Å². The third-order valence-corrected chi connectivity index (χ3v) is 3.60. The maximum atomic E-state index is 5.85. The molecule has 1 aromatic rings. The third-order valence-electron chi connectivity index (χ3n) is 3.60. The lowest BCUT2D eigenvalue weighted by atomic mass is 10.0. The van der Waals surface area contributed by atoms with Crippen LogP contribution in [0.2, 0.25) is 0 Å². The van der Waals surface area contributed by atoms with Gasteiger partial charge in [0.05, 0.1) is 12.8 Å². The molecule has 0 aliphatic carbocycles. The number of aryl methyl sites for hydroxylation is 1. The van der Waals surface area contributed by atoms with E-state index in [2.05, 4.69) is 9.88 Å². The number of rotatable bonds is 4. The summed E-state index contributed by atoms with van der Waals surface area (Å²) in [7, 11) is 1.70. The molecule has 1 unspecified atom stereocenters. The highest BCUT2D eigenvalue weighted by atomic mass is 16.5. The molecule has 1 fully saturated rings. The molecule has 2 rings (SSSR count). The van der Waals surface area contributed by atoms with Gasteiger partial charge >= 0.3 is 0 Å². The Kier molecular flexibility index (Phi) is 4.55. The van der Waals surface area contributed by atoms with Gasteiger partial charge < -0.3 is 10.5 Å². The van der Waals surface area contributed by atoms with Gasteiger partial charge in [0, 0.05) is 37.0 Å². The van der Waals surface area contributed by atoms with Crippen molar-refractivity contribution in [3.05, 3.63) is 23.5 Å². The minimum absolute atomic E-state index is 0.507. The summed E-state index contributed by atoms with van der Waals surface area (Å²) in [5, 5.41) is 0. The predicted molar refractivity (Wildman–Crippen MR) is 72.6 cm³/mol. The SMILES string of the molecule is COc1cc(C)nc(CN2CCCCC2CN)c1. The fourth-order valence-corrected chi connectivity index (χ4v) is 2.64. The van der Waals surface area contributed by atoms with Crippen LogP contribution in [0.3, 0.4) is 0 Å². The van der Waals surface area contributed by atoms with E-state index in [0.29, 0.717) is 6.04 Å². The fourth-order valence-electron chi connectivity index (χ4n) is 2.64. The van der Waals surface area contributed by atoms with Crippen LogP contribution in [0.25, 0.3) is 0 Å². The Morgan fingerprint density at radius 3 is 3.00 bits per heavy atom. The monoisotopic (exact) mass is 249 g/mol. The van der Waals surface area contributed by atoms with Gasteiger partial charge in [-0.25, -0.2) is 0 Å². The van der Waals surface area contributed by atoms with E-state index in [1.54, 1.807) is 7.11 Å². The number of aromatic nitrogens is 1. The summed E-state index contributed by atoms with van der Waals surface area (Å²) in [6, 6.07) is 4.49. The molecule has 1 aliphatic rings. The van der Waals surface area contributed by atoms with E-state index >= 15 is 0 Å². The molecule has 0 aromatic carbocycles. The minimum Gasteiger partial charge on any atom is -0.497 e. The first-order chi connectivity index (χ1) is 8.72. The molecule has 0 amide bonds. The standard InChI is InChI=1S/C14H23N3O/c1-11-7-14(18-2)8-12(16-11)10-17-6-4-3-5-13(17)9-15/h7-8,13H,3-6,9-10,15H2,1-2H3. The van der Waals surface area contributed by atoms with Crippen molar-refractivity contribution in [3.63, 3.8) is 0 Å². The Balaban J connectivity index is 2.09. The summed E-state index contributed by atoms with van der Waals surface area (Å²) in [4.78, 5) is 7.03. The highest BCUT2D eigenvalue weighted by Crippen LogP contribution is 2.20. The van der Waals surface area contributed by atoms with Gasteiger partial charge in [-0.2, -0.15) is 0 Å². The van der Waals surface area contributed by atoms with Crippen LogP contribution in [-0.2, 0) is 6.54 Å². The molecule has 2 heterocycles. The van der Waals surface area contributed by atoms with Crippen molar-refractivity contribution >= 4 is 0 Å². The highest BCUT2D eigenvalue weighted by Gasteiger charge is 2.21. The second-order valence-corrected chi connectivity index (χ2v) is 5.00. The zero-order valence-corrected chi connectivity index (χ0v) is 11.4. The Bertz CT molecular complexity index is 395. The van der Waals surface area contributed by atoms with Gasteiger partial charge in [-0.15, -0.1) is 0 Å². The number of nitrogens with two attached hydrogens (primary N) is 1. The van der Waals surface area contributed by atoms with Gasteiger partial charge in [0.25, 0.3) is 0 Å². The molecular formula is C14H23N3O. The molecule has 0 saturated carbocycles. The predicted octanol–water partition coefficient (Wildman–Crippen LogP) is 1.71. The lowest BCUT2D eigenvalue weighted by Crippen LogP contribution is -2.43. The van der Waals surface area contributed by atoms with E-state index in [1.165, 1.54) is 19.3 Å². The summed E-state index contributed by atoms with van der Waals surface area (Å²) >= 11 is 0. The first kappa shape index (κ1) is 13.3. The number of ether oxygens (including phenoxy) is 1. The fraction of sp³-hybridized carbons (Fsp3) is 0.643. The molecule has 0 radical (unpaired) electrons. The lowest BCUT2D eigenvalue weighted by molar-refractivity contribution is 0.143. The van der Waals surface area contributed by atoms with Crippen LogP contribution >= 0.6 is 0 Å². The average molecular weight is 249 g/mol. The van der Waals surface area contributed by atoms with Crippen LogP contribution in [0, 0.1) is 6.92 Å². The van der Waals surface area contributed by atoms with E-state index in [1.807, 2.05) is 19.1 Å². The summed E-state index contributed by atoms with van der Waals surface area (Å²) in [6.45, 7) is 4.74. The van der Waals surface area contributed by atoms with Crippen molar-refractivity contribution in [2.45, 2.75) is 38.8 Å². The molecule has 4 heteroatoms. The van der Waals surface area contributed by atoms with Crippen LogP contribution in [0.4, 0.5) is 0 Å². The first-order valence-corrected chi connectivity index (χ1v) is 6.68. The quantitative estimate of drug-likeness (QED) is 0.882. The third kappa shape index (κ3) is 3.21. The number of methoxy groups -OCH3 is 1. The number of likely N-dealkylation sites (tertiary alicyclic amines) is 1. The second-order valence-electron chi connectivity index (χ2n) is 5.00. The summed E-state index contributed by atoms with van der Waals surface area (Å²) in [5.74, 6) is 0.888. The number of piperidine rings is 1. The van der Waals surface area contributed by atoms with Crippen molar-refractivity contribution in [2.75, 3.05) is 20.2 Å². The average Bonchev–Trinajstić information content (AvgIpc) is 2.38. The van der Waals surface area contributed by atoms with Gasteiger partial charge in [-0.1, -0.05) is 6.42 Å². The molecule has 1 aliphatic heterocycles. The zero-order valence-electron chi connectivity index (χ0n) is 11.4. The van der Waals surface area contributed by atoms with Crippen LogP contribution < -0.4 is 10.5 Å². The molecule has 1 aromatic heterocycles. The van der Waals surface area contributed by atoms with Gasteiger partial charge in [-0.05, 0) is 26.3 Å². The van der Waals surface area contributed by atoms with Crippen LogP contribution in [0.1, 0.15) is 30.7 Å². The Morgan fingerprint density at radius 1 is 1.44 bits per heavy atom. The van der Waals surface area contributed by atoms with E-state index in [0.717, 1.165) is 36.8 Å². The zero-order chi connectivity index (χ0) is 13.0. The lowest BCUT2D eigenvalue weighted by Gasteiger charge is -2.34. The van der Waals surface area contributed by atoms with Crippen molar-refractivity contribution < 1.29 is 4.74 Å². The molecule has 2 N–H and O–H groups in total. The van der Waals surface area contributed by atoms with Crippen molar-refractivity contribution in [1.82, 2.24) is 9.88 Å². The molecule has 0 bridgehead atoms. The first-order valence-electron chi connectivity index (χ1n) is 6.68. The smallest absolute Gasteiger partial charge is 0.122 e. The number of pyridine rings is 1. The van der Waals surface area contributed by atoms with Gasteiger partial charge in [0.15, 0.2) is 0 Å². The van der Waals surface area contributed by atoms with Gasteiger partial charge in [-0.3, -0.25) is 9.88 Å².